The summed E-state index contributed by atoms with van der Waals surface area (Å²) < 4.78 is 57.5. The Morgan fingerprint density at radius 3 is 2.19 bits per heavy atom. The number of rotatable bonds is 15. The fraction of sp³-hybridized carbons (Fsp3) is 0.440. The number of ether oxygens (including phenoxy) is 1. The minimum absolute atomic E-state index is 0.00494. The van der Waals surface area contributed by atoms with E-state index >= 15 is 0 Å². The number of alkyl carbamates (subject to hydrolysis) is 1. The second kappa shape index (κ2) is 14.8. The Morgan fingerprint density at radius 1 is 1.00 bits per heavy atom. The molecule has 0 heterocycles. The van der Waals surface area contributed by atoms with E-state index < -0.39 is 36.9 Å². The monoisotopic (exact) mass is 542 g/mol. The first-order chi connectivity index (χ1) is 17.7. The number of hydrogen-bond donors (Lipinski definition) is 3. The van der Waals surface area contributed by atoms with Gasteiger partial charge in [-0.15, -0.1) is 0 Å². The van der Waals surface area contributed by atoms with Gasteiger partial charge >= 0.3 is 19.4 Å². The van der Waals surface area contributed by atoms with Crippen molar-refractivity contribution < 1.29 is 41.8 Å². The number of hydrogen-bond acceptors (Lipinski definition) is 7. The molecule has 2 rings (SSSR count). The Morgan fingerprint density at radius 2 is 1.62 bits per heavy atom. The van der Waals surface area contributed by atoms with Gasteiger partial charge in [0.2, 0.25) is 5.91 Å². The van der Waals surface area contributed by atoms with Crippen LogP contribution in [-0.4, -0.2) is 49.5 Å². The van der Waals surface area contributed by atoms with Gasteiger partial charge in [-0.2, -0.15) is 8.78 Å². The summed E-state index contributed by atoms with van der Waals surface area (Å²) in [5.41, 5.74) is -3.25. The quantitative estimate of drug-likeness (QED) is 0.226. The number of halogens is 2. The van der Waals surface area contributed by atoms with Gasteiger partial charge in [-0.05, 0) is 31.4 Å². The Hall–Kier alpha value is -2.85. The molecule has 2 amide bonds. The molecule has 0 spiro atoms. The average molecular weight is 543 g/mol. The molecule has 0 bridgehead atoms. The molecule has 3 N–H and O–H groups in total. The maximum Gasteiger partial charge on any atom is 0.408 e. The molecular formula is C25H33F2N2O7P. The number of carbonyl (C=O) groups excluding carboxylic acids is 2. The van der Waals surface area contributed by atoms with Gasteiger partial charge in [0.25, 0.3) is 0 Å². The molecule has 12 heteroatoms. The van der Waals surface area contributed by atoms with E-state index in [2.05, 4.69) is 10.6 Å². The summed E-state index contributed by atoms with van der Waals surface area (Å²) in [7, 11) is -4.76. The van der Waals surface area contributed by atoms with Gasteiger partial charge in [0.05, 0.1) is 13.2 Å². The summed E-state index contributed by atoms with van der Waals surface area (Å²) in [6.45, 7) is 2.49. The van der Waals surface area contributed by atoms with Crippen LogP contribution in [0.4, 0.5) is 13.6 Å². The van der Waals surface area contributed by atoms with Crippen LogP contribution in [0.1, 0.15) is 37.0 Å². The highest BCUT2D eigenvalue weighted by Gasteiger charge is 2.54. The SMILES string of the molecule is CCOP(=O)(OCC)C(F)(F)c1ccc(C[C@H](NC(=O)OCc2ccccc2)C(=O)NCCCO)cc1. The van der Waals surface area contributed by atoms with E-state index in [0.717, 1.165) is 17.7 Å². The zero-order valence-corrected chi connectivity index (χ0v) is 21.7. The van der Waals surface area contributed by atoms with Crippen LogP contribution in [0.5, 0.6) is 0 Å². The molecule has 0 saturated carbocycles. The predicted octanol–water partition coefficient (Wildman–Crippen LogP) is 4.34. The summed E-state index contributed by atoms with van der Waals surface area (Å²) in [5.74, 6) is -0.531. The molecule has 0 aliphatic rings. The lowest BCUT2D eigenvalue weighted by Gasteiger charge is -2.26. The van der Waals surface area contributed by atoms with Gasteiger partial charge in [-0.3, -0.25) is 9.36 Å². The first-order valence-corrected chi connectivity index (χ1v) is 13.4. The minimum Gasteiger partial charge on any atom is -0.445 e. The highest BCUT2D eigenvalue weighted by atomic mass is 31.2. The van der Waals surface area contributed by atoms with Gasteiger partial charge in [0.15, 0.2) is 0 Å². The molecule has 37 heavy (non-hydrogen) atoms. The van der Waals surface area contributed by atoms with Gasteiger partial charge in [0.1, 0.15) is 12.6 Å². The molecule has 0 radical (unpaired) electrons. The Balaban J connectivity index is 2.14. The zero-order valence-electron chi connectivity index (χ0n) is 20.8. The highest BCUT2D eigenvalue weighted by Crippen LogP contribution is 2.66. The lowest BCUT2D eigenvalue weighted by atomic mass is 10.0. The molecule has 0 aliphatic heterocycles. The third-order valence-electron chi connectivity index (χ3n) is 5.14. The second-order valence-electron chi connectivity index (χ2n) is 7.90. The summed E-state index contributed by atoms with van der Waals surface area (Å²) in [6, 6.07) is 12.7. The van der Waals surface area contributed by atoms with Crippen molar-refractivity contribution in [3.8, 4) is 0 Å². The Labute approximate surface area is 215 Å². The molecule has 1 atom stereocenters. The molecular weight excluding hydrogens is 509 g/mol. The molecule has 0 fully saturated rings. The first kappa shape index (κ1) is 30.4. The van der Waals surface area contributed by atoms with Crippen LogP contribution >= 0.6 is 7.60 Å². The van der Waals surface area contributed by atoms with Crippen LogP contribution in [0.25, 0.3) is 0 Å². The number of alkyl halides is 2. The third-order valence-corrected chi connectivity index (χ3v) is 7.28. The zero-order chi connectivity index (χ0) is 27.3. The number of amides is 2. The molecule has 204 valence electrons. The van der Waals surface area contributed by atoms with Gasteiger partial charge in [0, 0.05) is 25.1 Å². The number of benzene rings is 2. The maximum atomic E-state index is 15.0. The van der Waals surface area contributed by atoms with Crippen LogP contribution in [0, 0.1) is 0 Å². The molecule has 0 unspecified atom stereocenters. The van der Waals surface area contributed by atoms with E-state index in [1.807, 2.05) is 6.07 Å². The van der Waals surface area contributed by atoms with Crippen molar-refractivity contribution in [1.29, 1.82) is 0 Å². The molecule has 0 aliphatic carbocycles. The predicted molar refractivity (Wildman–Crippen MR) is 133 cm³/mol. The second-order valence-corrected chi connectivity index (χ2v) is 9.98. The maximum absolute atomic E-state index is 15.0. The lowest BCUT2D eigenvalue weighted by Crippen LogP contribution is -2.48. The van der Waals surface area contributed by atoms with Crippen LogP contribution in [0.2, 0.25) is 0 Å². The number of aliphatic hydroxyl groups excluding tert-OH is 1. The smallest absolute Gasteiger partial charge is 0.408 e. The van der Waals surface area contributed by atoms with Gasteiger partial charge < -0.3 is 29.5 Å². The summed E-state index contributed by atoms with van der Waals surface area (Å²) in [4.78, 5) is 25.0. The average Bonchev–Trinajstić information content (AvgIpc) is 2.88. The van der Waals surface area contributed by atoms with E-state index in [9.17, 15) is 22.9 Å². The van der Waals surface area contributed by atoms with Gasteiger partial charge in [-0.25, -0.2) is 4.79 Å². The highest BCUT2D eigenvalue weighted by molar-refractivity contribution is 7.54. The van der Waals surface area contributed by atoms with Crippen LogP contribution in [-0.2, 0) is 41.8 Å². The van der Waals surface area contributed by atoms with Crippen molar-refractivity contribution in [2.75, 3.05) is 26.4 Å². The van der Waals surface area contributed by atoms with Crippen molar-refractivity contribution in [2.45, 2.75) is 45.0 Å². The first-order valence-electron chi connectivity index (χ1n) is 11.9. The van der Waals surface area contributed by atoms with E-state index in [0.29, 0.717) is 12.0 Å². The Kier molecular flexibility index (Phi) is 12.1. The molecule has 2 aromatic carbocycles. The summed E-state index contributed by atoms with van der Waals surface area (Å²) >= 11 is 0. The van der Waals surface area contributed by atoms with E-state index in [-0.39, 0.29) is 39.4 Å². The molecule has 0 aromatic heterocycles. The third kappa shape index (κ3) is 8.89. The number of carbonyl (C=O) groups is 2. The van der Waals surface area contributed by atoms with Crippen molar-refractivity contribution >= 4 is 19.6 Å². The van der Waals surface area contributed by atoms with Crippen molar-refractivity contribution in [3.63, 3.8) is 0 Å². The number of aliphatic hydroxyl groups is 1. The lowest BCUT2D eigenvalue weighted by molar-refractivity contribution is -0.123. The van der Waals surface area contributed by atoms with Crippen LogP contribution in [0.3, 0.4) is 0 Å². The summed E-state index contributed by atoms with van der Waals surface area (Å²) in [6.07, 6.45) is -0.546. The molecule has 0 saturated heterocycles. The minimum atomic E-state index is -4.76. The normalized spacial score (nSPS) is 12.6. The summed E-state index contributed by atoms with van der Waals surface area (Å²) in [5, 5.41) is 14.1. The van der Waals surface area contributed by atoms with Crippen molar-refractivity contribution in [1.82, 2.24) is 10.6 Å². The number of nitrogens with one attached hydrogen (secondary N) is 2. The fourth-order valence-corrected chi connectivity index (χ4v) is 4.85. The standard InChI is InChI=1S/C25H33F2N2O7P/c1-3-35-37(33,36-4-2)25(26,27)21-13-11-19(12-14-21)17-22(23(31)28-15-8-16-30)29-24(32)34-18-20-9-6-5-7-10-20/h5-7,9-14,22,30H,3-4,8,15-18H2,1-2H3,(H,28,31)(H,29,32)/t22-/m0/s1. The Bertz CT molecular complexity index is 1030. The molecule has 2 aromatic rings. The van der Waals surface area contributed by atoms with E-state index in [1.54, 1.807) is 24.3 Å². The van der Waals surface area contributed by atoms with Crippen LogP contribution in [0.15, 0.2) is 54.6 Å². The van der Waals surface area contributed by atoms with E-state index in [1.165, 1.54) is 26.0 Å². The topological polar surface area (TPSA) is 123 Å². The fourth-order valence-electron chi connectivity index (χ4n) is 3.30. The largest absolute Gasteiger partial charge is 0.445 e. The van der Waals surface area contributed by atoms with E-state index in [4.69, 9.17) is 18.9 Å². The van der Waals surface area contributed by atoms with Crippen molar-refractivity contribution in [2.24, 2.45) is 0 Å². The molecule has 9 nitrogen and oxygen atoms in total. The van der Waals surface area contributed by atoms with Crippen molar-refractivity contribution in [3.05, 3.63) is 71.3 Å². The van der Waals surface area contributed by atoms with Gasteiger partial charge in [-0.1, -0.05) is 54.6 Å². The van der Waals surface area contributed by atoms with Crippen LogP contribution < -0.4 is 10.6 Å².